The Bertz CT molecular complexity index is 616. The van der Waals surface area contributed by atoms with E-state index in [-0.39, 0.29) is 5.56 Å². The molecule has 0 aliphatic rings. The minimum Gasteiger partial charge on any atom is -0.207 e. The highest BCUT2D eigenvalue weighted by molar-refractivity contribution is 9.09. The van der Waals surface area contributed by atoms with Gasteiger partial charge in [-0.25, -0.2) is 4.39 Å². The molecule has 0 N–H and O–H groups in total. The Morgan fingerprint density at radius 1 is 1.25 bits per heavy atom. The maximum Gasteiger partial charge on any atom is 0.416 e. The number of halogens is 6. The number of rotatable bonds is 2. The second kappa shape index (κ2) is 5.66. The molecule has 1 heterocycles. The van der Waals surface area contributed by atoms with Gasteiger partial charge in [0.15, 0.2) is 0 Å². The van der Waals surface area contributed by atoms with Crippen molar-refractivity contribution in [3.63, 3.8) is 0 Å². The molecule has 0 fully saturated rings. The zero-order valence-electron chi connectivity index (χ0n) is 10.1. The molecule has 0 saturated heterocycles. The highest BCUT2D eigenvalue weighted by Crippen LogP contribution is 2.41. The molecule has 2 rings (SSSR count). The quantitative estimate of drug-likeness (QED) is 0.416. The van der Waals surface area contributed by atoms with E-state index in [1.54, 1.807) is 13.0 Å². The summed E-state index contributed by atoms with van der Waals surface area (Å²) in [7, 11) is 0. The highest BCUT2D eigenvalue weighted by atomic mass is 79.9. The summed E-state index contributed by atoms with van der Waals surface area (Å²) in [5.41, 5.74) is -0.126. The molecule has 0 nitrogen and oxygen atoms in total. The lowest BCUT2D eigenvalue weighted by Crippen LogP contribution is -2.07. The van der Waals surface area contributed by atoms with Crippen LogP contribution in [0, 0.1) is 12.7 Å². The van der Waals surface area contributed by atoms with E-state index in [0.717, 1.165) is 23.8 Å². The summed E-state index contributed by atoms with van der Waals surface area (Å²) < 4.78 is 52.3. The van der Waals surface area contributed by atoms with Crippen molar-refractivity contribution >= 4 is 38.9 Å². The number of hydrogen-bond acceptors (Lipinski definition) is 1. The van der Waals surface area contributed by atoms with Gasteiger partial charge in [0.1, 0.15) is 5.82 Å². The summed E-state index contributed by atoms with van der Waals surface area (Å²) in [5, 5.41) is 0. The SMILES string of the molecule is Cc1cc(C(Br)c2cc(C(F)(F)F)ccc2F)sc1Cl. The van der Waals surface area contributed by atoms with E-state index in [4.69, 9.17) is 11.6 Å². The molecule has 108 valence electrons. The van der Waals surface area contributed by atoms with E-state index < -0.39 is 22.4 Å². The van der Waals surface area contributed by atoms with Crippen LogP contribution in [0.4, 0.5) is 17.6 Å². The van der Waals surface area contributed by atoms with E-state index >= 15 is 0 Å². The molecule has 0 radical (unpaired) electrons. The van der Waals surface area contributed by atoms with Crippen LogP contribution in [0.1, 0.15) is 26.4 Å². The highest BCUT2D eigenvalue weighted by Gasteiger charge is 2.32. The third-order valence-corrected chi connectivity index (χ3v) is 5.63. The predicted octanol–water partition coefficient (Wildman–Crippen LogP) is 6.35. The molecular formula is C13H8BrClF4S. The van der Waals surface area contributed by atoms with Crippen molar-refractivity contribution in [2.45, 2.75) is 17.9 Å². The maximum atomic E-state index is 13.8. The van der Waals surface area contributed by atoms with Crippen LogP contribution < -0.4 is 0 Å². The van der Waals surface area contributed by atoms with Gasteiger partial charge in [-0.15, -0.1) is 11.3 Å². The lowest BCUT2D eigenvalue weighted by Gasteiger charge is -2.13. The number of thiophene rings is 1. The normalized spacial score (nSPS) is 13.6. The van der Waals surface area contributed by atoms with Crippen LogP contribution in [0.5, 0.6) is 0 Å². The molecule has 1 aromatic heterocycles. The summed E-state index contributed by atoms with van der Waals surface area (Å²) in [6, 6.07) is 4.10. The van der Waals surface area contributed by atoms with Crippen molar-refractivity contribution in [1.82, 2.24) is 0 Å². The van der Waals surface area contributed by atoms with Gasteiger partial charge >= 0.3 is 6.18 Å². The number of benzene rings is 1. The first-order chi connectivity index (χ1) is 9.20. The van der Waals surface area contributed by atoms with E-state index in [0.29, 0.717) is 9.21 Å². The van der Waals surface area contributed by atoms with E-state index in [1.807, 2.05) is 0 Å². The fourth-order valence-electron chi connectivity index (χ4n) is 1.68. The van der Waals surface area contributed by atoms with Gasteiger partial charge in [-0.1, -0.05) is 27.5 Å². The third-order valence-electron chi connectivity index (χ3n) is 2.72. The van der Waals surface area contributed by atoms with E-state index in [2.05, 4.69) is 15.9 Å². The Morgan fingerprint density at radius 3 is 2.40 bits per heavy atom. The van der Waals surface area contributed by atoms with Gasteiger partial charge in [-0.05, 0) is 36.8 Å². The molecular weight excluding hydrogens is 380 g/mol. The van der Waals surface area contributed by atoms with Gasteiger partial charge in [0, 0.05) is 10.4 Å². The molecule has 0 spiro atoms. The standard InChI is InChI=1S/C13H8BrClF4S/c1-6-4-10(20-12(6)15)11(14)8-5-7(13(17,18)19)2-3-9(8)16/h2-5,11H,1H3. The van der Waals surface area contributed by atoms with Crippen LogP contribution in [0.2, 0.25) is 4.34 Å². The van der Waals surface area contributed by atoms with Gasteiger partial charge in [-0.3, -0.25) is 0 Å². The second-order valence-electron chi connectivity index (χ2n) is 4.20. The summed E-state index contributed by atoms with van der Waals surface area (Å²) in [6.07, 6.45) is -4.50. The fraction of sp³-hybridized carbons (Fsp3) is 0.231. The van der Waals surface area contributed by atoms with Gasteiger partial charge in [-0.2, -0.15) is 13.2 Å². The Kier molecular flexibility index (Phi) is 4.47. The molecule has 7 heteroatoms. The summed E-state index contributed by atoms with van der Waals surface area (Å²) in [6.45, 7) is 1.78. The smallest absolute Gasteiger partial charge is 0.207 e. The average Bonchev–Trinajstić information content (AvgIpc) is 2.68. The van der Waals surface area contributed by atoms with Crippen molar-refractivity contribution in [3.8, 4) is 0 Å². The van der Waals surface area contributed by atoms with Gasteiger partial charge in [0.05, 0.1) is 14.7 Å². The molecule has 0 aliphatic carbocycles. The molecule has 2 aromatic rings. The zero-order valence-corrected chi connectivity index (χ0v) is 13.2. The Balaban J connectivity index is 2.46. The van der Waals surface area contributed by atoms with Crippen molar-refractivity contribution in [1.29, 1.82) is 0 Å². The molecule has 0 bridgehead atoms. The van der Waals surface area contributed by atoms with E-state index in [1.165, 1.54) is 11.3 Å². The Hall–Kier alpha value is -0.590. The van der Waals surface area contributed by atoms with Gasteiger partial charge in [0.2, 0.25) is 0 Å². The van der Waals surface area contributed by atoms with Gasteiger partial charge in [0.25, 0.3) is 0 Å². The Morgan fingerprint density at radius 2 is 1.90 bits per heavy atom. The topological polar surface area (TPSA) is 0 Å². The second-order valence-corrected chi connectivity index (χ2v) is 6.80. The lowest BCUT2D eigenvalue weighted by molar-refractivity contribution is -0.137. The number of hydrogen-bond donors (Lipinski definition) is 0. The first-order valence-electron chi connectivity index (χ1n) is 5.46. The molecule has 0 saturated carbocycles. The third kappa shape index (κ3) is 3.18. The van der Waals surface area contributed by atoms with Gasteiger partial charge < -0.3 is 0 Å². The van der Waals surface area contributed by atoms with E-state index in [9.17, 15) is 17.6 Å². The van der Waals surface area contributed by atoms with Crippen LogP contribution in [0.3, 0.4) is 0 Å². The molecule has 1 atom stereocenters. The van der Waals surface area contributed by atoms with Crippen LogP contribution >= 0.6 is 38.9 Å². The fourth-order valence-corrected chi connectivity index (χ4v) is 3.65. The summed E-state index contributed by atoms with van der Waals surface area (Å²) >= 11 is 10.4. The van der Waals surface area contributed by atoms with Crippen LogP contribution in [-0.2, 0) is 6.18 Å². The van der Waals surface area contributed by atoms with Crippen molar-refractivity contribution < 1.29 is 17.6 Å². The first-order valence-corrected chi connectivity index (χ1v) is 7.57. The zero-order chi connectivity index (χ0) is 15.1. The monoisotopic (exact) mass is 386 g/mol. The van der Waals surface area contributed by atoms with Crippen LogP contribution in [0.25, 0.3) is 0 Å². The number of alkyl halides is 4. The molecule has 0 aliphatic heterocycles. The molecule has 20 heavy (non-hydrogen) atoms. The largest absolute Gasteiger partial charge is 0.416 e. The predicted molar refractivity (Wildman–Crippen MR) is 76.2 cm³/mol. The molecule has 0 amide bonds. The van der Waals surface area contributed by atoms with Crippen LogP contribution in [0.15, 0.2) is 24.3 Å². The first kappa shape index (κ1) is 15.8. The molecule has 1 aromatic carbocycles. The van der Waals surface area contributed by atoms with Crippen molar-refractivity contribution in [2.24, 2.45) is 0 Å². The maximum absolute atomic E-state index is 13.8. The Labute approximate surface area is 130 Å². The number of aryl methyl sites for hydroxylation is 1. The summed E-state index contributed by atoms with van der Waals surface area (Å²) in [4.78, 5) is -0.00766. The van der Waals surface area contributed by atoms with Crippen molar-refractivity contribution in [2.75, 3.05) is 0 Å². The minimum absolute atomic E-state index is 0.0576. The van der Waals surface area contributed by atoms with Crippen molar-refractivity contribution in [3.05, 3.63) is 56.0 Å². The molecule has 1 unspecified atom stereocenters. The summed E-state index contributed by atoms with van der Waals surface area (Å²) in [5.74, 6) is -0.693. The van der Waals surface area contributed by atoms with Crippen LogP contribution in [-0.4, -0.2) is 0 Å². The average molecular weight is 388 g/mol. The minimum atomic E-state index is -4.50. The lowest BCUT2D eigenvalue weighted by atomic mass is 10.1.